The summed E-state index contributed by atoms with van der Waals surface area (Å²) in [6.45, 7) is 6.56. The highest BCUT2D eigenvalue weighted by molar-refractivity contribution is 5.84. The number of nitrogens with zero attached hydrogens (tertiary/aromatic N) is 1. The average Bonchev–Trinajstić information content (AvgIpc) is 3.58. The van der Waals surface area contributed by atoms with Crippen LogP contribution < -0.4 is 5.32 Å². The van der Waals surface area contributed by atoms with Crippen LogP contribution in [0.2, 0.25) is 0 Å². The van der Waals surface area contributed by atoms with Gasteiger partial charge in [0.15, 0.2) is 0 Å². The topological polar surface area (TPSA) is 121 Å². The zero-order valence-corrected chi connectivity index (χ0v) is 31.5. The molecule has 0 saturated heterocycles. The summed E-state index contributed by atoms with van der Waals surface area (Å²) in [5, 5.41) is 11.3. The molecule has 0 aliphatic rings. The molecular formula is C40H75N3O5. The Kier molecular flexibility index (Phi) is 34.1. The number of aromatic nitrogens is 2. The molecule has 0 fully saturated rings. The number of rotatable bonds is 33. The SMILES string of the molecule is CCCCCCCCCCCC(=O)N[C@@H](Cc1cnc[nH]1)C(=O)OCC.CCCCCCCCCCCCCCCCCCCC(=O)O. The lowest BCUT2D eigenvalue weighted by molar-refractivity contribution is -0.147. The van der Waals surface area contributed by atoms with E-state index >= 15 is 0 Å². The van der Waals surface area contributed by atoms with Gasteiger partial charge in [-0.05, 0) is 19.8 Å². The van der Waals surface area contributed by atoms with Crippen LogP contribution in [0.3, 0.4) is 0 Å². The number of unbranched alkanes of at least 4 members (excludes halogenated alkanes) is 24. The molecule has 0 aliphatic carbocycles. The van der Waals surface area contributed by atoms with Crippen LogP contribution in [-0.4, -0.2) is 45.6 Å². The zero-order chi connectivity index (χ0) is 35.3. The standard InChI is InChI=1S/C20H35N3O3.C20H40O2/c1-3-5-6-7-8-9-10-11-12-13-19(24)23-18(20(25)26-4-2)14-17-15-21-16-22-17;1-2-3-4-5-6-7-8-9-10-11-12-13-14-15-16-17-18-19-20(21)22/h15-16,18H,3-14H2,1-2H3,(H,21,22)(H,23,24);2-19H2,1H3,(H,21,22)/t18-;/m0./s1. The van der Waals surface area contributed by atoms with Crippen molar-refractivity contribution in [2.45, 2.75) is 213 Å². The number of hydrogen-bond donors (Lipinski definition) is 3. The van der Waals surface area contributed by atoms with Gasteiger partial charge < -0.3 is 20.1 Å². The number of carboxylic acid groups (broad SMARTS) is 1. The monoisotopic (exact) mass is 678 g/mol. The Morgan fingerprint density at radius 3 is 1.40 bits per heavy atom. The number of aromatic amines is 1. The number of imidazole rings is 1. The van der Waals surface area contributed by atoms with Gasteiger partial charge in [0.05, 0.1) is 12.9 Å². The molecule has 0 spiro atoms. The Labute approximate surface area is 294 Å². The second-order valence-electron chi connectivity index (χ2n) is 13.5. The number of esters is 1. The normalized spacial score (nSPS) is 11.5. The van der Waals surface area contributed by atoms with Crippen molar-refractivity contribution in [1.82, 2.24) is 15.3 Å². The van der Waals surface area contributed by atoms with Gasteiger partial charge in [-0.15, -0.1) is 0 Å². The summed E-state index contributed by atoms with van der Waals surface area (Å²) in [6.07, 6.45) is 38.1. The third-order valence-electron chi connectivity index (χ3n) is 8.89. The summed E-state index contributed by atoms with van der Waals surface area (Å²) in [7, 11) is 0. The molecular weight excluding hydrogens is 602 g/mol. The number of H-pyrrole nitrogens is 1. The number of amides is 1. The van der Waals surface area contributed by atoms with Gasteiger partial charge in [0, 0.05) is 31.2 Å². The van der Waals surface area contributed by atoms with Gasteiger partial charge in [-0.3, -0.25) is 9.59 Å². The van der Waals surface area contributed by atoms with Crippen LogP contribution in [0.25, 0.3) is 0 Å². The highest BCUT2D eigenvalue weighted by atomic mass is 16.5. The van der Waals surface area contributed by atoms with Gasteiger partial charge in [-0.25, -0.2) is 9.78 Å². The molecule has 1 aromatic rings. The summed E-state index contributed by atoms with van der Waals surface area (Å²) in [4.78, 5) is 41.5. The molecule has 8 heteroatoms. The third kappa shape index (κ3) is 32.2. The van der Waals surface area contributed by atoms with Gasteiger partial charge in [0.1, 0.15) is 6.04 Å². The molecule has 0 unspecified atom stereocenters. The largest absolute Gasteiger partial charge is 0.481 e. The van der Waals surface area contributed by atoms with Crippen LogP contribution in [0, 0.1) is 0 Å². The van der Waals surface area contributed by atoms with E-state index in [4.69, 9.17) is 9.84 Å². The Bertz CT molecular complexity index is 846. The molecule has 1 amide bonds. The molecule has 1 atom stereocenters. The lowest BCUT2D eigenvalue weighted by atomic mass is 10.0. The van der Waals surface area contributed by atoms with Crippen LogP contribution in [0.4, 0.5) is 0 Å². The fraction of sp³-hybridized carbons (Fsp3) is 0.850. The van der Waals surface area contributed by atoms with Gasteiger partial charge in [-0.2, -0.15) is 0 Å². The number of ether oxygens (including phenoxy) is 1. The van der Waals surface area contributed by atoms with Crippen LogP contribution in [0.15, 0.2) is 12.5 Å². The predicted octanol–water partition coefficient (Wildman–Crippen LogP) is 11.0. The molecule has 0 saturated carbocycles. The second-order valence-corrected chi connectivity index (χ2v) is 13.5. The molecule has 0 bridgehead atoms. The van der Waals surface area contributed by atoms with Crippen molar-refractivity contribution in [3.63, 3.8) is 0 Å². The quantitative estimate of drug-likeness (QED) is 0.0503. The zero-order valence-electron chi connectivity index (χ0n) is 31.5. The van der Waals surface area contributed by atoms with Crippen molar-refractivity contribution >= 4 is 17.8 Å². The number of nitrogens with one attached hydrogen (secondary N) is 2. The highest BCUT2D eigenvalue weighted by Crippen LogP contribution is 2.15. The van der Waals surface area contributed by atoms with E-state index in [2.05, 4.69) is 29.1 Å². The Morgan fingerprint density at radius 2 is 1.04 bits per heavy atom. The minimum Gasteiger partial charge on any atom is -0.481 e. The van der Waals surface area contributed by atoms with Gasteiger partial charge in [0.25, 0.3) is 0 Å². The van der Waals surface area contributed by atoms with Crippen LogP contribution in [0.5, 0.6) is 0 Å². The minimum atomic E-state index is -0.665. The van der Waals surface area contributed by atoms with Crippen LogP contribution in [0.1, 0.15) is 206 Å². The molecule has 1 aromatic heterocycles. The number of carboxylic acids is 1. The number of carbonyl (C=O) groups excluding carboxylic acids is 2. The lowest BCUT2D eigenvalue weighted by Gasteiger charge is -2.16. The first kappa shape index (κ1) is 45.6. The number of carbonyl (C=O) groups is 3. The maximum Gasteiger partial charge on any atom is 0.329 e. The van der Waals surface area contributed by atoms with Crippen molar-refractivity contribution in [3.8, 4) is 0 Å². The molecule has 1 heterocycles. The van der Waals surface area contributed by atoms with E-state index in [1.54, 1.807) is 19.4 Å². The molecule has 8 nitrogen and oxygen atoms in total. The van der Waals surface area contributed by atoms with Gasteiger partial charge >= 0.3 is 11.9 Å². The van der Waals surface area contributed by atoms with E-state index < -0.39 is 18.0 Å². The Balaban J connectivity index is 0.000000935. The second kappa shape index (κ2) is 35.9. The first-order valence-electron chi connectivity index (χ1n) is 20.1. The predicted molar refractivity (Wildman–Crippen MR) is 199 cm³/mol. The number of aliphatic carboxylic acids is 1. The lowest BCUT2D eigenvalue weighted by Crippen LogP contribution is -2.43. The molecule has 1 rings (SSSR count). The Morgan fingerprint density at radius 1 is 0.646 bits per heavy atom. The summed E-state index contributed by atoms with van der Waals surface area (Å²) in [6, 6.07) is -0.665. The van der Waals surface area contributed by atoms with Crippen molar-refractivity contribution < 1.29 is 24.2 Å². The molecule has 0 aliphatic heterocycles. The molecule has 3 N–H and O–H groups in total. The van der Waals surface area contributed by atoms with E-state index in [0.29, 0.717) is 25.9 Å². The fourth-order valence-electron chi connectivity index (χ4n) is 5.92. The highest BCUT2D eigenvalue weighted by Gasteiger charge is 2.22. The smallest absolute Gasteiger partial charge is 0.329 e. The van der Waals surface area contributed by atoms with Gasteiger partial charge in [-0.1, -0.05) is 168 Å². The maximum atomic E-state index is 12.2. The number of hydrogen-bond acceptors (Lipinski definition) is 5. The van der Waals surface area contributed by atoms with E-state index in [1.807, 2.05) is 0 Å². The molecule has 0 radical (unpaired) electrons. The first-order chi connectivity index (χ1) is 23.4. The van der Waals surface area contributed by atoms with Crippen molar-refractivity contribution in [2.24, 2.45) is 0 Å². The summed E-state index contributed by atoms with van der Waals surface area (Å²) in [5.41, 5.74) is 0.798. The molecule has 280 valence electrons. The molecule has 0 aromatic carbocycles. The first-order valence-corrected chi connectivity index (χ1v) is 20.1. The van der Waals surface area contributed by atoms with E-state index in [-0.39, 0.29) is 5.91 Å². The maximum absolute atomic E-state index is 12.2. The van der Waals surface area contributed by atoms with Crippen LogP contribution >= 0.6 is 0 Å². The average molecular weight is 678 g/mol. The Hall–Kier alpha value is -2.38. The third-order valence-corrected chi connectivity index (χ3v) is 8.89. The van der Waals surface area contributed by atoms with Gasteiger partial charge in [0.2, 0.25) is 5.91 Å². The van der Waals surface area contributed by atoms with Crippen molar-refractivity contribution in [3.05, 3.63) is 18.2 Å². The van der Waals surface area contributed by atoms with E-state index in [0.717, 1.165) is 31.4 Å². The molecule has 48 heavy (non-hydrogen) atoms. The summed E-state index contributed by atoms with van der Waals surface area (Å²) in [5.74, 6) is -1.14. The van der Waals surface area contributed by atoms with Crippen LogP contribution in [-0.2, 0) is 25.5 Å². The minimum absolute atomic E-state index is 0.0921. The fourth-order valence-corrected chi connectivity index (χ4v) is 5.92. The summed E-state index contributed by atoms with van der Waals surface area (Å²) < 4.78 is 5.06. The van der Waals surface area contributed by atoms with Crippen molar-refractivity contribution in [2.75, 3.05) is 6.61 Å². The van der Waals surface area contributed by atoms with E-state index in [1.165, 1.54) is 141 Å². The van der Waals surface area contributed by atoms with Crippen molar-refractivity contribution in [1.29, 1.82) is 0 Å². The van der Waals surface area contributed by atoms with E-state index in [9.17, 15) is 14.4 Å². The summed E-state index contributed by atoms with van der Waals surface area (Å²) >= 11 is 0.